The fourth-order valence-electron chi connectivity index (χ4n) is 2.29. The highest BCUT2D eigenvalue weighted by molar-refractivity contribution is 9.10. The predicted octanol–water partition coefficient (Wildman–Crippen LogP) is 3.01. The number of rotatable bonds is 4. The van der Waals surface area contributed by atoms with Crippen LogP contribution < -0.4 is 4.74 Å². The molecular weight excluding hydrogens is 320 g/mol. The van der Waals surface area contributed by atoms with Gasteiger partial charge in [0, 0.05) is 19.0 Å². The van der Waals surface area contributed by atoms with E-state index in [0.29, 0.717) is 6.42 Å². The smallest absolute Gasteiger partial charge is 0.122 e. The molecule has 0 atom stereocenters. The summed E-state index contributed by atoms with van der Waals surface area (Å²) in [6.07, 6.45) is 0.545. The zero-order valence-electron chi connectivity index (χ0n) is 12.2. The average Bonchev–Trinajstić information content (AvgIpc) is 2.71. The van der Waals surface area contributed by atoms with E-state index in [0.717, 1.165) is 38.6 Å². The Morgan fingerprint density at radius 3 is 2.60 bits per heavy atom. The Bertz CT molecular complexity index is 635. The van der Waals surface area contributed by atoms with Crippen LogP contribution >= 0.6 is 15.9 Å². The van der Waals surface area contributed by atoms with Gasteiger partial charge in [0.05, 0.1) is 13.7 Å². The van der Waals surface area contributed by atoms with Crippen molar-refractivity contribution in [3.63, 3.8) is 0 Å². The second kappa shape index (κ2) is 5.97. The van der Waals surface area contributed by atoms with Crippen molar-refractivity contribution in [2.45, 2.75) is 20.3 Å². The van der Waals surface area contributed by atoms with Crippen molar-refractivity contribution in [3.8, 4) is 17.0 Å². The van der Waals surface area contributed by atoms with E-state index in [1.807, 2.05) is 30.7 Å². The summed E-state index contributed by atoms with van der Waals surface area (Å²) in [5, 5.41) is 9.10. The standard InChI is InChI=1S/C15H19BrN2O2/c1-9-10(2)12(20-4)6-5-11(9)14-15(16)18(3)13(17-14)7-8-19/h5-6,19H,7-8H2,1-4H3. The summed E-state index contributed by atoms with van der Waals surface area (Å²) in [5.74, 6) is 1.75. The summed E-state index contributed by atoms with van der Waals surface area (Å²) in [7, 11) is 3.62. The summed E-state index contributed by atoms with van der Waals surface area (Å²) in [4.78, 5) is 4.64. The maximum absolute atomic E-state index is 9.10. The molecule has 0 amide bonds. The molecule has 5 heteroatoms. The lowest BCUT2D eigenvalue weighted by Gasteiger charge is -2.11. The molecular formula is C15H19BrN2O2. The van der Waals surface area contributed by atoms with Gasteiger partial charge in [-0.1, -0.05) is 0 Å². The zero-order valence-corrected chi connectivity index (χ0v) is 13.8. The number of hydrogen-bond donors (Lipinski definition) is 1. The number of aliphatic hydroxyl groups is 1. The lowest BCUT2D eigenvalue weighted by molar-refractivity contribution is 0.295. The van der Waals surface area contributed by atoms with Gasteiger partial charge in [-0.3, -0.25) is 0 Å². The molecule has 0 saturated carbocycles. The van der Waals surface area contributed by atoms with E-state index in [1.54, 1.807) is 7.11 Å². The molecule has 4 nitrogen and oxygen atoms in total. The van der Waals surface area contributed by atoms with Crippen LogP contribution in [0, 0.1) is 13.8 Å². The highest BCUT2D eigenvalue weighted by atomic mass is 79.9. The minimum atomic E-state index is 0.0946. The van der Waals surface area contributed by atoms with E-state index < -0.39 is 0 Å². The van der Waals surface area contributed by atoms with E-state index in [-0.39, 0.29) is 6.61 Å². The third kappa shape index (κ3) is 2.47. The van der Waals surface area contributed by atoms with Crippen LogP contribution in [0.3, 0.4) is 0 Å². The Balaban J connectivity index is 2.57. The summed E-state index contributed by atoms with van der Waals surface area (Å²) in [6.45, 7) is 4.21. The largest absolute Gasteiger partial charge is 0.496 e. The number of hydrogen-bond acceptors (Lipinski definition) is 3. The van der Waals surface area contributed by atoms with Gasteiger partial charge in [0.2, 0.25) is 0 Å². The molecule has 108 valence electrons. The lowest BCUT2D eigenvalue weighted by atomic mass is 10.0. The minimum Gasteiger partial charge on any atom is -0.496 e. The molecule has 0 unspecified atom stereocenters. The van der Waals surface area contributed by atoms with Crippen molar-refractivity contribution in [1.82, 2.24) is 9.55 Å². The maximum atomic E-state index is 9.10. The van der Waals surface area contributed by atoms with Crippen LogP contribution in [0.2, 0.25) is 0 Å². The molecule has 0 spiro atoms. The van der Waals surface area contributed by atoms with Crippen molar-refractivity contribution in [2.24, 2.45) is 7.05 Å². The molecule has 1 heterocycles. The Kier molecular flexibility index (Phi) is 4.50. The van der Waals surface area contributed by atoms with E-state index in [1.165, 1.54) is 0 Å². The molecule has 20 heavy (non-hydrogen) atoms. The molecule has 2 aromatic rings. The Morgan fingerprint density at radius 2 is 2.00 bits per heavy atom. The molecule has 0 aliphatic rings. The maximum Gasteiger partial charge on any atom is 0.122 e. The normalized spacial score (nSPS) is 10.9. The molecule has 1 aromatic carbocycles. The predicted molar refractivity (Wildman–Crippen MR) is 83.2 cm³/mol. The Hall–Kier alpha value is -1.33. The van der Waals surface area contributed by atoms with Crippen LogP contribution in [-0.4, -0.2) is 28.4 Å². The number of nitrogens with zero attached hydrogens (tertiary/aromatic N) is 2. The van der Waals surface area contributed by atoms with Gasteiger partial charge in [-0.25, -0.2) is 4.98 Å². The van der Waals surface area contributed by atoms with Crippen molar-refractivity contribution in [3.05, 3.63) is 33.7 Å². The summed E-state index contributed by atoms with van der Waals surface area (Å²) in [6, 6.07) is 3.99. The average molecular weight is 339 g/mol. The van der Waals surface area contributed by atoms with Gasteiger partial charge in [-0.2, -0.15) is 0 Å². The first kappa shape index (κ1) is 15.1. The first-order valence-electron chi connectivity index (χ1n) is 6.47. The molecule has 1 N–H and O–H groups in total. The first-order valence-corrected chi connectivity index (χ1v) is 7.27. The van der Waals surface area contributed by atoms with Crippen molar-refractivity contribution in [2.75, 3.05) is 13.7 Å². The summed E-state index contributed by atoms with van der Waals surface area (Å²) in [5.41, 5.74) is 4.25. The molecule has 0 saturated heterocycles. The quantitative estimate of drug-likeness (QED) is 0.932. The summed E-state index contributed by atoms with van der Waals surface area (Å²) >= 11 is 3.59. The van der Waals surface area contributed by atoms with Gasteiger partial charge >= 0.3 is 0 Å². The molecule has 0 fully saturated rings. The second-order valence-electron chi connectivity index (χ2n) is 4.77. The monoisotopic (exact) mass is 338 g/mol. The highest BCUT2D eigenvalue weighted by Crippen LogP contribution is 2.34. The molecule has 0 radical (unpaired) electrons. The van der Waals surface area contributed by atoms with Crippen LogP contribution in [0.1, 0.15) is 17.0 Å². The Morgan fingerprint density at radius 1 is 1.30 bits per heavy atom. The van der Waals surface area contributed by atoms with Crippen LogP contribution in [0.5, 0.6) is 5.75 Å². The van der Waals surface area contributed by atoms with Gasteiger partial charge in [0.1, 0.15) is 21.9 Å². The van der Waals surface area contributed by atoms with Crippen LogP contribution in [0.25, 0.3) is 11.3 Å². The number of methoxy groups -OCH3 is 1. The SMILES string of the molecule is COc1ccc(-c2nc(CCO)n(C)c2Br)c(C)c1C. The number of halogens is 1. The number of aromatic nitrogens is 2. The van der Waals surface area contributed by atoms with Crippen LogP contribution in [0.15, 0.2) is 16.7 Å². The summed E-state index contributed by atoms with van der Waals surface area (Å²) < 4.78 is 8.23. The zero-order chi connectivity index (χ0) is 14.9. The molecule has 2 rings (SSSR count). The number of imidazole rings is 1. The number of benzene rings is 1. The number of ether oxygens (including phenoxy) is 1. The molecule has 1 aromatic heterocycles. The first-order chi connectivity index (χ1) is 9.51. The topological polar surface area (TPSA) is 47.3 Å². The van der Waals surface area contributed by atoms with E-state index in [9.17, 15) is 0 Å². The van der Waals surface area contributed by atoms with Crippen molar-refractivity contribution < 1.29 is 9.84 Å². The van der Waals surface area contributed by atoms with Gasteiger partial charge in [-0.05, 0) is 53.0 Å². The van der Waals surface area contributed by atoms with E-state index >= 15 is 0 Å². The fourth-order valence-corrected chi connectivity index (χ4v) is 2.80. The van der Waals surface area contributed by atoms with Gasteiger partial charge in [-0.15, -0.1) is 0 Å². The molecule has 0 aliphatic carbocycles. The van der Waals surface area contributed by atoms with Gasteiger partial charge in [0.25, 0.3) is 0 Å². The molecule has 0 bridgehead atoms. The lowest BCUT2D eigenvalue weighted by Crippen LogP contribution is -2.00. The van der Waals surface area contributed by atoms with Crippen LogP contribution in [0.4, 0.5) is 0 Å². The molecule has 0 aliphatic heterocycles. The number of aliphatic hydroxyl groups excluding tert-OH is 1. The Labute approximate surface area is 127 Å². The van der Waals surface area contributed by atoms with E-state index in [4.69, 9.17) is 9.84 Å². The third-order valence-corrected chi connectivity index (χ3v) is 4.57. The second-order valence-corrected chi connectivity index (χ2v) is 5.52. The highest BCUT2D eigenvalue weighted by Gasteiger charge is 2.17. The van der Waals surface area contributed by atoms with E-state index in [2.05, 4.69) is 27.8 Å². The minimum absolute atomic E-state index is 0.0946. The van der Waals surface area contributed by atoms with Crippen molar-refractivity contribution in [1.29, 1.82) is 0 Å². The van der Waals surface area contributed by atoms with Gasteiger partial charge in [0.15, 0.2) is 0 Å². The van der Waals surface area contributed by atoms with Gasteiger partial charge < -0.3 is 14.4 Å². The van der Waals surface area contributed by atoms with Crippen LogP contribution in [-0.2, 0) is 13.5 Å². The fraction of sp³-hybridized carbons (Fsp3) is 0.400. The third-order valence-electron chi connectivity index (χ3n) is 3.67. The van der Waals surface area contributed by atoms with Crippen molar-refractivity contribution >= 4 is 15.9 Å².